The van der Waals surface area contributed by atoms with E-state index in [1.165, 1.54) is 0 Å². The molecule has 0 spiro atoms. The molecule has 1 aliphatic heterocycles. The first kappa shape index (κ1) is 13.5. The quantitative estimate of drug-likeness (QED) is 0.767. The van der Waals surface area contributed by atoms with E-state index >= 15 is 0 Å². The summed E-state index contributed by atoms with van der Waals surface area (Å²) < 4.78 is 0. The van der Waals surface area contributed by atoms with E-state index in [1.807, 2.05) is 26.0 Å². The molecule has 1 saturated heterocycles. The van der Waals surface area contributed by atoms with Gasteiger partial charge in [0.05, 0.1) is 24.1 Å². The second kappa shape index (κ2) is 5.36. The van der Waals surface area contributed by atoms with Crippen molar-refractivity contribution in [2.24, 2.45) is 5.73 Å². The van der Waals surface area contributed by atoms with E-state index in [0.29, 0.717) is 6.42 Å². The van der Waals surface area contributed by atoms with Crippen LogP contribution in [0.5, 0.6) is 0 Å². The van der Waals surface area contributed by atoms with Gasteiger partial charge in [-0.2, -0.15) is 0 Å². The molecule has 3 N–H and O–H groups in total. The number of rotatable bonds is 3. The number of nitrogens with two attached hydrogens (primary N) is 1. The molecule has 19 heavy (non-hydrogen) atoms. The van der Waals surface area contributed by atoms with Gasteiger partial charge in [-0.15, -0.1) is 0 Å². The topological polar surface area (TPSA) is 88.3 Å². The summed E-state index contributed by atoms with van der Waals surface area (Å²) in [6, 6.07) is 3.20. The Balaban J connectivity index is 2.27. The average molecular weight is 262 g/mol. The number of carbonyl (C=O) groups is 2. The molecule has 102 valence electrons. The fourth-order valence-electron chi connectivity index (χ4n) is 2.18. The van der Waals surface area contributed by atoms with E-state index in [4.69, 9.17) is 5.73 Å². The van der Waals surface area contributed by atoms with Gasteiger partial charge < -0.3 is 10.6 Å². The van der Waals surface area contributed by atoms with Crippen LogP contribution in [0.3, 0.4) is 0 Å². The molecule has 2 unspecified atom stereocenters. The number of hydrogen-bond donors (Lipinski definition) is 2. The van der Waals surface area contributed by atoms with Crippen LogP contribution in [0.25, 0.3) is 0 Å². The zero-order chi connectivity index (χ0) is 14.0. The molecule has 1 aromatic rings. The maximum atomic E-state index is 11.8. The summed E-state index contributed by atoms with van der Waals surface area (Å²) in [6.45, 7) is 3.94. The Hall–Kier alpha value is -1.95. The Labute approximate surface area is 112 Å². The first-order valence-electron chi connectivity index (χ1n) is 6.34. The van der Waals surface area contributed by atoms with Crippen molar-refractivity contribution in [3.05, 3.63) is 24.0 Å². The number of piperazine rings is 1. The van der Waals surface area contributed by atoms with E-state index in [0.717, 1.165) is 11.4 Å². The molecule has 0 saturated carbocycles. The second-order valence-electron chi connectivity index (χ2n) is 4.69. The fraction of sp³-hybridized carbons (Fsp3) is 0.462. The van der Waals surface area contributed by atoms with Gasteiger partial charge in [-0.05, 0) is 25.5 Å². The van der Waals surface area contributed by atoms with Crippen LogP contribution in [0.2, 0.25) is 0 Å². The van der Waals surface area contributed by atoms with E-state index in [1.54, 1.807) is 11.1 Å². The van der Waals surface area contributed by atoms with Crippen molar-refractivity contribution in [3.63, 3.8) is 0 Å². The Bertz CT molecular complexity index is 484. The zero-order valence-corrected chi connectivity index (χ0v) is 11.1. The van der Waals surface area contributed by atoms with E-state index in [-0.39, 0.29) is 30.4 Å². The Morgan fingerprint density at radius 3 is 2.79 bits per heavy atom. The minimum Gasteiger partial charge on any atom is -0.349 e. The second-order valence-corrected chi connectivity index (χ2v) is 4.69. The Kier molecular flexibility index (Phi) is 3.80. The van der Waals surface area contributed by atoms with Crippen molar-refractivity contribution in [1.29, 1.82) is 0 Å². The number of pyridine rings is 1. The standard InChI is InChI=1S/C13H18N4O2/c1-3-11-13(19)16-12(18)7-17(11)9-4-5-10(8(2)14)15-6-9/h4-6,8,11H,3,7,14H2,1-2H3,(H,16,18,19). The van der Waals surface area contributed by atoms with Gasteiger partial charge in [0, 0.05) is 6.04 Å². The normalized spacial score (nSPS) is 21.2. The third-order valence-electron chi connectivity index (χ3n) is 3.21. The van der Waals surface area contributed by atoms with Gasteiger partial charge in [0.25, 0.3) is 0 Å². The van der Waals surface area contributed by atoms with Crippen LogP contribution >= 0.6 is 0 Å². The highest BCUT2D eigenvalue weighted by atomic mass is 16.2. The molecule has 2 amide bonds. The molecule has 0 aliphatic carbocycles. The summed E-state index contributed by atoms with van der Waals surface area (Å²) in [5.41, 5.74) is 7.29. The fourth-order valence-corrected chi connectivity index (χ4v) is 2.18. The van der Waals surface area contributed by atoms with Crippen molar-refractivity contribution in [2.75, 3.05) is 11.4 Å². The van der Waals surface area contributed by atoms with Crippen molar-refractivity contribution in [2.45, 2.75) is 32.4 Å². The Morgan fingerprint density at radius 2 is 2.26 bits per heavy atom. The smallest absolute Gasteiger partial charge is 0.249 e. The molecule has 0 radical (unpaired) electrons. The van der Waals surface area contributed by atoms with Gasteiger partial charge in [0.1, 0.15) is 6.04 Å². The summed E-state index contributed by atoms with van der Waals surface area (Å²) in [5.74, 6) is -0.541. The van der Waals surface area contributed by atoms with Crippen LogP contribution in [-0.2, 0) is 9.59 Å². The molecule has 1 fully saturated rings. The van der Waals surface area contributed by atoms with Gasteiger partial charge >= 0.3 is 0 Å². The summed E-state index contributed by atoms with van der Waals surface area (Å²) in [6.07, 6.45) is 2.29. The summed E-state index contributed by atoms with van der Waals surface area (Å²) in [7, 11) is 0. The zero-order valence-electron chi connectivity index (χ0n) is 11.1. The van der Waals surface area contributed by atoms with Gasteiger partial charge in [-0.1, -0.05) is 6.92 Å². The van der Waals surface area contributed by atoms with Crippen LogP contribution in [-0.4, -0.2) is 29.4 Å². The highest BCUT2D eigenvalue weighted by molar-refractivity contribution is 6.04. The molecular formula is C13H18N4O2. The maximum Gasteiger partial charge on any atom is 0.249 e. The monoisotopic (exact) mass is 262 g/mol. The lowest BCUT2D eigenvalue weighted by atomic mass is 10.1. The van der Waals surface area contributed by atoms with Gasteiger partial charge in [-0.3, -0.25) is 19.9 Å². The number of amides is 2. The molecule has 1 aliphatic rings. The van der Waals surface area contributed by atoms with Crippen LogP contribution in [0.4, 0.5) is 5.69 Å². The number of nitrogens with zero attached hydrogens (tertiary/aromatic N) is 2. The minimum absolute atomic E-state index is 0.137. The number of hydrogen-bond acceptors (Lipinski definition) is 5. The highest BCUT2D eigenvalue weighted by Crippen LogP contribution is 2.21. The summed E-state index contributed by atoms with van der Waals surface area (Å²) in [5, 5.41) is 2.35. The third kappa shape index (κ3) is 2.73. The molecule has 1 aromatic heterocycles. The number of anilines is 1. The van der Waals surface area contributed by atoms with Gasteiger partial charge in [-0.25, -0.2) is 0 Å². The molecule has 2 heterocycles. The molecule has 0 bridgehead atoms. The van der Waals surface area contributed by atoms with Crippen LogP contribution in [0, 0.1) is 0 Å². The molecule has 6 nitrogen and oxygen atoms in total. The largest absolute Gasteiger partial charge is 0.349 e. The number of nitrogens with one attached hydrogen (secondary N) is 1. The lowest BCUT2D eigenvalue weighted by Crippen LogP contribution is -2.58. The molecule has 2 rings (SSSR count). The highest BCUT2D eigenvalue weighted by Gasteiger charge is 2.32. The molecule has 6 heteroatoms. The minimum atomic E-state index is -0.333. The van der Waals surface area contributed by atoms with E-state index < -0.39 is 0 Å². The Morgan fingerprint density at radius 1 is 1.53 bits per heavy atom. The average Bonchev–Trinajstić information content (AvgIpc) is 2.38. The number of carbonyl (C=O) groups excluding carboxylic acids is 2. The van der Waals surface area contributed by atoms with Crippen molar-refractivity contribution >= 4 is 17.5 Å². The first-order chi connectivity index (χ1) is 9.02. The van der Waals surface area contributed by atoms with Crippen LogP contribution in [0.1, 0.15) is 32.0 Å². The van der Waals surface area contributed by atoms with Crippen molar-refractivity contribution in [3.8, 4) is 0 Å². The van der Waals surface area contributed by atoms with E-state index in [9.17, 15) is 9.59 Å². The maximum absolute atomic E-state index is 11.8. The predicted octanol–water partition coefficient (Wildman–Crippen LogP) is 0.343. The van der Waals surface area contributed by atoms with Crippen molar-refractivity contribution < 1.29 is 9.59 Å². The third-order valence-corrected chi connectivity index (χ3v) is 3.21. The lowest BCUT2D eigenvalue weighted by molar-refractivity contribution is -0.132. The number of imide groups is 1. The van der Waals surface area contributed by atoms with Crippen molar-refractivity contribution in [1.82, 2.24) is 10.3 Å². The van der Waals surface area contributed by atoms with Gasteiger partial charge in [0.15, 0.2) is 0 Å². The first-order valence-corrected chi connectivity index (χ1v) is 6.34. The van der Waals surface area contributed by atoms with Crippen LogP contribution in [0.15, 0.2) is 18.3 Å². The summed E-state index contributed by atoms with van der Waals surface area (Å²) in [4.78, 5) is 29.3. The molecule has 0 aromatic carbocycles. The molecular weight excluding hydrogens is 244 g/mol. The SMILES string of the molecule is CCC1C(=O)NC(=O)CN1c1ccc(C(C)N)nc1. The predicted molar refractivity (Wildman–Crippen MR) is 71.4 cm³/mol. The van der Waals surface area contributed by atoms with Gasteiger partial charge in [0.2, 0.25) is 11.8 Å². The van der Waals surface area contributed by atoms with Crippen LogP contribution < -0.4 is 16.0 Å². The van der Waals surface area contributed by atoms with E-state index in [2.05, 4.69) is 10.3 Å². The number of aromatic nitrogens is 1. The molecule has 2 atom stereocenters. The summed E-state index contributed by atoms with van der Waals surface area (Å²) >= 11 is 0. The lowest BCUT2D eigenvalue weighted by Gasteiger charge is -2.35.